The highest BCUT2D eigenvalue weighted by molar-refractivity contribution is 7.09. The summed E-state index contributed by atoms with van der Waals surface area (Å²) in [5.41, 5.74) is 0. The van der Waals surface area contributed by atoms with Gasteiger partial charge < -0.3 is 15.3 Å². The van der Waals surface area contributed by atoms with Gasteiger partial charge in [-0.2, -0.15) is 0 Å². The normalized spacial score (nSPS) is 21.3. The minimum absolute atomic E-state index is 0.0757. The molecule has 0 aliphatic carbocycles. The summed E-state index contributed by atoms with van der Waals surface area (Å²) in [6.45, 7) is 10.0. The molecule has 2 saturated heterocycles. The number of carbonyl (C=O) groups excluding carboxylic acids is 1. The number of hydrogen-bond donors (Lipinski definition) is 2. The van der Waals surface area contributed by atoms with E-state index in [2.05, 4.69) is 32.6 Å². The van der Waals surface area contributed by atoms with Crippen molar-refractivity contribution >= 4 is 17.4 Å². The lowest BCUT2D eigenvalue weighted by Gasteiger charge is -2.36. The Balaban J connectivity index is 1.30. The average Bonchev–Trinajstić information content (AvgIpc) is 3.20. The van der Waals surface area contributed by atoms with Crippen LogP contribution in [0.25, 0.3) is 0 Å². The van der Waals surface area contributed by atoms with Crippen molar-refractivity contribution in [3.8, 4) is 0 Å². The molecule has 2 fully saturated rings. The fourth-order valence-corrected chi connectivity index (χ4v) is 4.62. The van der Waals surface area contributed by atoms with Crippen LogP contribution in [-0.2, 0) is 6.54 Å². The summed E-state index contributed by atoms with van der Waals surface area (Å²) < 4.78 is 0. The van der Waals surface area contributed by atoms with Crippen LogP contribution in [0.3, 0.4) is 0 Å². The number of rotatable bonds is 7. The summed E-state index contributed by atoms with van der Waals surface area (Å²) in [6.07, 6.45) is 2.85. The average molecular weight is 395 g/mol. The van der Waals surface area contributed by atoms with Gasteiger partial charge in [0, 0.05) is 50.7 Å². The van der Waals surface area contributed by atoms with Crippen molar-refractivity contribution in [3.05, 3.63) is 22.4 Å². The molecule has 0 bridgehead atoms. The monoisotopic (exact) mass is 394 g/mol. The quantitative estimate of drug-likeness (QED) is 0.743. The molecule has 27 heavy (non-hydrogen) atoms. The standard InChI is InChI=1S/C20H34N4O2S/c1-2-18(25)15-23-9-11-24(12-10-23)20(26)21-14-17-5-7-22(8-6-17)16-19-4-3-13-27-19/h3-4,13,17-18,25H,2,5-12,14-16H2,1H3,(H,21,26). The Bertz CT molecular complexity index is 552. The van der Waals surface area contributed by atoms with Gasteiger partial charge >= 0.3 is 6.03 Å². The summed E-state index contributed by atoms with van der Waals surface area (Å²) in [6, 6.07) is 4.40. The SMILES string of the molecule is CCC(O)CN1CCN(C(=O)NCC2CCN(Cc3cccs3)CC2)CC1. The molecule has 2 amide bonds. The number of aliphatic hydroxyl groups excluding tert-OH is 1. The van der Waals surface area contributed by atoms with Crippen molar-refractivity contribution in [2.75, 3.05) is 52.4 Å². The van der Waals surface area contributed by atoms with Crippen LogP contribution in [-0.4, -0.2) is 84.3 Å². The zero-order valence-corrected chi connectivity index (χ0v) is 17.3. The topological polar surface area (TPSA) is 59.1 Å². The fourth-order valence-electron chi connectivity index (χ4n) is 3.88. The first kappa shape index (κ1) is 20.6. The van der Waals surface area contributed by atoms with Gasteiger partial charge in [0.25, 0.3) is 0 Å². The highest BCUT2D eigenvalue weighted by atomic mass is 32.1. The molecule has 0 aromatic carbocycles. The van der Waals surface area contributed by atoms with E-state index in [4.69, 9.17) is 0 Å². The molecule has 0 radical (unpaired) electrons. The van der Waals surface area contributed by atoms with Crippen molar-refractivity contribution < 1.29 is 9.90 Å². The first-order chi connectivity index (χ1) is 13.1. The van der Waals surface area contributed by atoms with Crippen LogP contribution in [0.15, 0.2) is 17.5 Å². The molecule has 2 aliphatic heterocycles. The molecule has 0 spiro atoms. The zero-order chi connectivity index (χ0) is 19.1. The lowest BCUT2D eigenvalue weighted by molar-refractivity contribution is 0.0787. The van der Waals surface area contributed by atoms with E-state index in [-0.39, 0.29) is 12.1 Å². The highest BCUT2D eigenvalue weighted by Gasteiger charge is 2.24. The Labute approximate surface area is 167 Å². The number of thiophene rings is 1. The first-order valence-electron chi connectivity index (χ1n) is 10.3. The van der Waals surface area contributed by atoms with Crippen molar-refractivity contribution in [1.29, 1.82) is 0 Å². The molecule has 7 heteroatoms. The Morgan fingerprint density at radius 3 is 2.59 bits per heavy atom. The number of urea groups is 1. The molecule has 2 N–H and O–H groups in total. The zero-order valence-electron chi connectivity index (χ0n) is 16.5. The summed E-state index contributed by atoms with van der Waals surface area (Å²) in [7, 11) is 0. The first-order valence-corrected chi connectivity index (χ1v) is 11.2. The number of likely N-dealkylation sites (tertiary alicyclic amines) is 1. The molecular weight excluding hydrogens is 360 g/mol. The van der Waals surface area contributed by atoms with Crippen LogP contribution in [0.5, 0.6) is 0 Å². The Morgan fingerprint density at radius 1 is 1.22 bits per heavy atom. The second kappa shape index (κ2) is 10.4. The van der Waals surface area contributed by atoms with Crippen molar-refractivity contribution in [1.82, 2.24) is 20.0 Å². The molecule has 3 heterocycles. The number of nitrogens with zero attached hydrogens (tertiary/aromatic N) is 3. The van der Waals surface area contributed by atoms with Gasteiger partial charge in [0.2, 0.25) is 0 Å². The van der Waals surface area contributed by atoms with E-state index in [1.165, 1.54) is 4.88 Å². The largest absolute Gasteiger partial charge is 0.392 e. The number of piperidine rings is 1. The van der Waals surface area contributed by atoms with Gasteiger partial charge in [0.1, 0.15) is 0 Å². The van der Waals surface area contributed by atoms with E-state index in [0.717, 1.165) is 78.2 Å². The maximum absolute atomic E-state index is 12.4. The molecule has 1 aromatic rings. The molecule has 1 aromatic heterocycles. The maximum Gasteiger partial charge on any atom is 0.317 e. The Kier molecular flexibility index (Phi) is 7.93. The van der Waals surface area contributed by atoms with Gasteiger partial charge in [-0.1, -0.05) is 13.0 Å². The third-order valence-electron chi connectivity index (χ3n) is 5.81. The smallest absolute Gasteiger partial charge is 0.317 e. The van der Waals surface area contributed by atoms with Crippen LogP contribution in [0.1, 0.15) is 31.1 Å². The van der Waals surface area contributed by atoms with Crippen LogP contribution in [0.2, 0.25) is 0 Å². The van der Waals surface area contributed by atoms with Gasteiger partial charge in [-0.3, -0.25) is 9.80 Å². The van der Waals surface area contributed by atoms with Crippen LogP contribution >= 0.6 is 11.3 Å². The molecule has 1 unspecified atom stereocenters. The summed E-state index contributed by atoms with van der Waals surface area (Å²) >= 11 is 1.83. The Morgan fingerprint density at radius 2 is 1.96 bits per heavy atom. The van der Waals surface area contributed by atoms with Gasteiger partial charge in [0.15, 0.2) is 0 Å². The van der Waals surface area contributed by atoms with Gasteiger partial charge in [-0.25, -0.2) is 4.79 Å². The predicted molar refractivity (Wildman–Crippen MR) is 110 cm³/mol. The molecule has 0 saturated carbocycles. The molecule has 6 nitrogen and oxygen atoms in total. The molecule has 1 atom stereocenters. The number of β-amino-alcohol motifs (C(OH)–C–C–N with tert-alkyl or cyclic N) is 1. The summed E-state index contributed by atoms with van der Waals surface area (Å²) in [4.78, 5) is 20.6. The molecule has 152 valence electrons. The van der Waals surface area contributed by atoms with E-state index in [9.17, 15) is 9.90 Å². The minimum Gasteiger partial charge on any atom is -0.392 e. The van der Waals surface area contributed by atoms with E-state index < -0.39 is 0 Å². The summed E-state index contributed by atoms with van der Waals surface area (Å²) in [5.74, 6) is 0.592. The third kappa shape index (κ3) is 6.45. The number of carbonyl (C=O) groups is 1. The molecule has 2 aliphatic rings. The van der Waals surface area contributed by atoms with Crippen molar-refractivity contribution in [2.45, 2.75) is 38.8 Å². The lowest BCUT2D eigenvalue weighted by Crippen LogP contribution is -2.53. The minimum atomic E-state index is -0.254. The number of piperazine rings is 1. The summed E-state index contributed by atoms with van der Waals surface area (Å²) in [5, 5.41) is 15.1. The number of aliphatic hydroxyl groups is 1. The van der Waals surface area contributed by atoms with Crippen LogP contribution in [0.4, 0.5) is 4.79 Å². The second-order valence-corrected chi connectivity index (χ2v) is 8.87. The molecular formula is C20H34N4O2S. The van der Waals surface area contributed by atoms with Gasteiger partial charge in [-0.05, 0) is 49.7 Å². The van der Waals surface area contributed by atoms with Gasteiger partial charge in [-0.15, -0.1) is 11.3 Å². The van der Waals surface area contributed by atoms with Crippen LogP contribution < -0.4 is 5.32 Å². The third-order valence-corrected chi connectivity index (χ3v) is 6.67. The van der Waals surface area contributed by atoms with E-state index in [0.29, 0.717) is 5.92 Å². The number of hydrogen-bond acceptors (Lipinski definition) is 5. The van der Waals surface area contributed by atoms with Crippen LogP contribution in [0, 0.1) is 5.92 Å². The van der Waals surface area contributed by atoms with Crippen molar-refractivity contribution in [3.63, 3.8) is 0 Å². The van der Waals surface area contributed by atoms with E-state index in [1.807, 2.05) is 23.2 Å². The predicted octanol–water partition coefficient (Wildman–Crippen LogP) is 2.06. The fraction of sp³-hybridized carbons (Fsp3) is 0.750. The van der Waals surface area contributed by atoms with Crippen molar-refractivity contribution in [2.24, 2.45) is 5.92 Å². The molecule has 3 rings (SSSR count). The maximum atomic E-state index is 12.4. The van der Waals surface area contributed by atoms with E-state index in [1.54, 1.807) is 0 Å². The lowest BCUT2D eigenvalue weighted by atomic mass is 9.97. The highest BCUT2D eigenvalue weighted by Crippen LogP contribution is 2.20. The number of amides is 2. The Hall–Kier alpha value is -1.15. The van der Waals surface area contributed by atoms with Gasteiger partial charge in [0.05, 0.1) is 6.10 Å². The second-order valence-electron chi connectivity index (χ2n) is 7.83. The number of nitrogens with one attached hydrogen (secondary N) is 1. The van der Waals surface area contributed by atoms with E-state index >= 15 is 0 Å².